The van der Waals surface area contributed by atoms with E-state index in [4.69, 9.17) is 4.74 Å². The molecule has 0 amide bonds. The van der Waals surface area contributed by atoms with Crippen molar-refractivity contribution < 1.29 is 9.53 Å². The van der Waals surface area contributed by atoms with Crippen LogP contribution in [0, 0.1) is 0 Å². The van der Waals surface area contributed by atoms with Crippen LogP contribution in [0.25, 0.3) is 0 Å². The molecule has 0 atom stereocenters. The molecule has 3 heteroatoms. The van der Waals surface area contributed by atoms with Gasteiger partial charge in [-0.15, -0.1) is 0 Å². The third-order valence-corrected chi connectivity index (χ3v) is 2.50. The summed E-state index contributed by atoms with van der Waals surface area (Å²) in [5.41, 5.74) is -0.459. The van der Waals surface area contributed by atoms with Crippen molar-refractivity contribution in [2.45, 2.75) is 52.0 Å². The summed E-state index contributed by atoms with van der Waals surface area (Å²) in [7, 11) is 1.84. The molecule has 0 aromatic heterocycles. The van der Waals surface area contributed by atoms with E-state index in [9.17, 15) is 4.79 Å². The first-order valence-corrected chi connectivity index (χ1v) is 5.53. The van der Waals surface area contributed by atoms with Crippen molar-refractivity contribution in [3.8, 4) is 0 Å². The number of esters is 1. The molecule has 0 rings (SSSR count). The van der Waals surface area contributed by atoms with Crippen LogP contribution in [0.4, 0.5) is 0 Å². The fourth-order valence-electron chi connectivity index (χ4n) is 1.80. The molecule has 0 bridgehead atoms. The van der Waals surface area contributed by atoms with Gasteiger partial charge in [-0.2, -0.15) is 0 Å². The van der Waals surface area contributed by atoms with E-state index in [2.05, 4.69) is 19.2 Å². The maximum Gasteiger partial charge on any atom is 0.326 e. The monoisotopic (exact) mass is 201 g/mol. The smallest absolute Gasteiger partial charge is 0.326 e. The first kappa shape index (κ1) is 13.4. The molecular formula is C11H23NO2. The fraction of sp³-hybridized carbons (Fsp3) is 0.909. The van der Waals surface area contributed by atoms with E-state index in [1.165, 1.54) is 0 Å². The summed E-state index contributed by atoms with van der Waals surface area (Å²) in [6, 6.07) is 0. The number of ether oxygens (including phenoxy) is 1. The second kappa shape index (κ2) is 6.82. The summed E-state index contributed by atoms with van der Waals surface area (Å²) in [5.74, 6) is -0.105. The maximum atomic E-state index is 11.8. The van der Waals surface area contributed by atoms with Gasteiger partial charge in [0, 0.05) is 0 Å². The summed E-state index contributed by atoms with van der Waals surface area (Å²) in [4.78, 5) is 11.8. The molecule has 0 aliphatic carbocycles. The normalized spacial score (nSPS) is 11.4. The van der Waals surface area contributed by atoms with Crippen LogP contribution < -0.4 is 5.32 Å². The van der Waals surface area contributed by atoms with E-state index in [1.807, 2.05) is 14.0 Å². The van der Waals surface area contributed by atoms with Crippen molar-refractivity contribution in [3.05, 3.63) is 0 Å². The van der Waals surface area contributed by atoms with Crippen molar-refractivity contribution in [1.82, 2.24) is 5.32 Å². The van der Waals surface area contributed by atoms with Gasteiger partial charge in [-0.25, -0.2) is 0 Å². The van der Waals surface area contributed by atoms with E-state index in [-0.39, 0.29) is 5.97 Å². The lowest BCUT2D eigenvalue weighted by Gasteiger charge is -2.30. The number of carbonyl (C=O) groups is 1. The van der Waals surface area contributed by atoms with Gasteiger partial charge in [0.25, 0.3) is 0 Å². The first-order chi connectivity index (χ1) is 6.66. The minimum atomic E-state index is -0.459. The Hall–Kier alpha value is -0.570. The Morgan fingerprint density at radius 1 is 1.21 bits per heavy atom. The highest BCUT2D eigenvalue weighted by atomic mass is 16.5. The van der Waals surface area contributed by atoms with Crippen molar-refractivity contribution in [2.75, 3.05) is 13.7 Å². The van der Waals surface area contributed by atoms with Gasteiger partial charge >= 0.3 is 5.97 Å². The molecule has 0 saturated heterocycles. The van der Waals surface area contributed by atoms with Crippen molar-refractivity contribution in [3.63, 3.8) is 0 Å². The van der Waals surface area contributed by atoms with Gasteiger partial charge in [0.1, 0.15) is 5.54 Å². The quantitative estimate of drug-likeness (QED) is 0.641. The highest BCUT2D eigenvalue weighted by Gasteiger charge is 2.36. The van der Waals surface area contributed by atoms with Gasteiger partial charge in [0.05, 0.1) is 6.61 Å². The molecule has 0 unspecified atom stereocenters. The fourth-order valence-corrected chi connectivity index (χ4v) is 1.80. The highest BCUT2D eigenvalue weighted by molar-refractivity contribution is 5.80. The van der Waals surface area contributed by atoms with Crippen LogP contribution in [-0.4, -0.2) is 25.2 Å². The Morgan fingerprint density at radius 3 is 2.00 bits per heavy atom. The standard InChI is InChI=1S/C11H23NO2/c1-5-8-11(12-4,9-6-2)10(13)14-7-3/h12H,5-9H2,1-4H3. The zero-order valence-corrected chi connectivity index (χ0v) is 9.85. The van der Waals surface area contributed by atoms with Crippen LogP contribution in [0.1, 0.15) is 46.5 Å². The average molecular weight is 201 g/mol. The van der Waals surface area contributed by atoms with Crippen molar-refractivity contribution >= 4 is 5.97 Å². The van der Waals surface area contributed by atoms with Crippen LogP contribution in [0.15, 0.2) is 0 Å². The van der Waals surface area contributed by atoms with Crippen LogP contribution in [0.2, 0.25) is 0 Å². The van der Waals surface area contributed by atoms with Gasteiger partial charge in [-0.05, 0) is 26.8 Å². The lowest BCUT2D eigenvalue weighted by molar-refractivity contribution is -0.151. The SMILES string of the molecule is CCCC(CCC)(NC)C(=O)OCC. The molecule has 1 N–H and O–H groups in total. The van der Waals surface area contributed by atoms with Crippen LogP contribution in [-0.2, 0) is 9.53 Å². The molecule has 0 heterocycles. The van der Waals surface area contributed by atoms with E-state index in [0.717, 1.165) is 25.7 Å². The topological polar surface area (TPSA) is 38.3 Å². The molecule has 0 aromatic carbocycles. The van der Waals surface area contributed by atoms with E-state index in [1.54, 1.807) is 0 Å². The largest absolute Gasteiger partial charge is 0.465 e. The molecule has 84 valence electrons. The van der Waals surface area contributed by atoms with Crippen molar-refractivity contribution in [2.24, 2.45) is 0 Å². The van der Waals surface area contributed by atoms with Gasteiger partial charge in [-0.1, -0.05) is 26.7 Å². The minimum Gasteiger partial charge on any atom is -0.465 e. The molecule has 0 radical (unpaired) electrons. The zero-order valence-electron chi connectivity index (χ0n) is 9.85. The van der Waals surface area contributed by atoms with Crippen LogP contribution >= 0.6 is 0 Å². The van der Waals surface area contributed by atoms with Crippen LogP contribution in [0.3, 0.4) is 0 Å². The Morgan fingerprint density at radius 2 is 1.71 bits per heavy atom. The summed E-state index contributed by atoms with van der Waals surface area (Å²) in [6.45, 7) is 6.47. The van der Waals surface area contributed by atoms with Gasteiger partial charge < -0.3 is 10.1 Å². The highest BCUT2D eigenvalue weighted by Crippen LogP contribution is 2.21. The summed E-state index contributed by atoms with van der Waals surface area (Å²) < 4.78 is 5.10. The lowest BCUT2D eigenvalue weighted by atomic mass is 9.89. The number of carbonyl (C=O) groups excluding carboxylic acids is 1. The number of hydrogen-bond acceptors (Lipinski definition) is 3. The van der Waals surface area contributed by atoms with Gasteiger partial charge in [0.15, 0.2) is 0 Å². The molecular weight excluding hydrogens is 178 g/mol. The molecule has 14 heavy (non-hydrogen) atoms. The van der Waals surface area contributed by atoms with Crippen LogP contribution in [0.5, 0.6) is 0 Å². The number of hydrogen-bond donors (Lipinski definition) is 1. The predicted octanol–water partition coefficient (Wildman–Crippen LogP) is 2.11. The average Bonchev–Trinajstić information content (AvgIpc) is 2.17. The maximum absolute atomic E-state index is 11.8. The Balaban J connectivity index is 4.54. The Kier molecular flexibility index (Phi) is 6.54. The molecule has 0 fully saturated rings. The second-order valence-corrected chi connectivity index (χ2v) is 3.55. The minimum absolute atomic E-state index is 0.105. The third kappa shape index (κ3) is 3.29. The summed E-state index contributed by atoms with van der Waals surface area (Å²) in [5, 5.41) is 3.13. The predicted molar refractivity (Wildman–Crippen MR) is 58.2 cm³/mol. The molecule has 0 aliphatic heterocycles. The Bertz CT molecular complexity index is 163. The second-order valence-electron chi connectivity index (χ2n) is 3.55. The Labute approximate surface area is 87.2 Å². The molecule has 0 spiro atoms. The molecule has 3 nitrogen and oxygen atoms in total. The van der Waals surface area contributed by atoms with Crippen molar-refractivity contribution in [1.29, 1.82) is 0 Å². The number of nitrogens with one attached hydrogen (secondary N) is 1. The summed E-state index contributed by atoms with van der Waals surface area (Å²) in [6.07, 6.45) is 3.66. The molecule has 0 saturated carbocycles. The van der Waals surface area contributed by atoms with E-state index < -0.39 is 5.54 Å². The number of rotatable bonds is 7. The lowest BCUT2D eigenvalue weighted by Crippen LogP contribution is -2.51. The van der Waals surface area contributed by atoms with Gasteiger partial charge in [-0.3, -0.25) is 4.79 Å². The first-order valence-electron chi connectivity index (χ1n) is 5.53. The number of likely N-dealkylation sites (N-methyl/N-ethyl adjacent to an activating group) is 1. The van der Waals surface area contributed by atoms with E-state index >= 15 is 0 Å². The van der Waals surface area contributed by atoms with Gasteiger partial charge in [0.2, 0.25) is 0 Å². The molecule has 0 aliphatic rings. The summed E-state index contributed by atoms with van der Waals surface area (Å²) >= 11 is 0. The zero-order chi connectivity index (χ0) is 11.0. The van der Waals surface area contributed by atoms with E-state index in [0.29, 0.717) is 6.61 Å². The molecule has 0 aromatic rings. The third-order valence-electron chi connectivity index (χ3n) is 2.50.